The van der Waals surface area contributed by atoms with Crippen LogP contribution < -0.4 is 10.6 Å². The van der Waals surface area contributed by atoms with Crippen LogP contribution in [0.5, 0.6) is 0 Å². The molecule has 1 aromatic rings. The highest BCUT2D eigenvalue weighted by Gasteiger charge is 2.20. The fourth-order valence-electron chi connectivity index (χ4n) is 1.61. The molecule has 1 aliphatic rings. The Hall–Kier alpha value is -0.910. The van der Waals surface area contributed by atoms with Gasteiger partial charge in [0.2, 0.25) is 5.91 Å². The van der Waals surface area contributed by atoms with Crippen LogP contribution in [-0.2, 0) is 16.1 Å². The highest BCUT2D eigenvalue weighted by atomic mass is 32.1. The maximum Gasteiger partial charge on any atom is 0.239 e. The lowest BCUT2D eigenvalue weighted by molar-refractivity contribution is -0.126. The molecule has 2 N–H and O–H groups in total. The molecule has 1 atom stereocenters. The lowest BCUT2D eigenvalue weighted by atomic mass is 10.2. The Morgan fingerprint density at radius 3 is 3.25 bits per heavy atom. The van der Waals surface area contributed by atoms with Crippen molar-refractivity contribution in [2.24, 2.45) is 0 Å². The normalized spacial score (nSPS) is 20.7. The third-order valence-electron chi connectivity index (χ3n) is 2.63. The Kier molecular flexibility index (Phi) is 3.93. The Balaban J connectivity index is 1.81. The lowest BCUT2D eigenvalue weighted by Gasteiger charge is -2.22. The largest absolute Gasteiger partial charge is 0.378 e. The van der Waals surface area contributed by atoms with E-state index in [9.17, 15) is 4.79 Å². The molecule has 0 spiro atoms. The zero-order chi connectivity index (χ0) is 11.4. The number of morpholine rings is 1. The Morgan fingerprint density at radius 2 is 2.62 bits per heavy atom. The molecule has 1 aromatic heterocycles. The molecule has 1 saturated heterocycles. The van der Waals surface area contributed by atoms with Crippen molar-refractivity contribution in [3.05, 3.63) is 21.9 Å². The minimum absolute atomic E-state index is 0.0208. The molecule has 0 radical (unpaired) electrons. The van der Waals surface area contributed by atoms with Gasteiger partial charge in [0, 0.05) is 11.4 Å². The molecule has 1 unspecified atom stereocenters. The standard InChI is InChI=1S/C11H16N2O2S/c1-8-2-5-16-10(8)6-13-11(14)9-7-15-4-3-12-9/h2,5,9,12H,3-4,6-7H2,1H3,(H,13,14). The van der Waals surface area contributed by atoms with Gasteiger partial charge in [0.15, 0.2) is 0 Å². The average Bonchev–Trinajstić information content (AvgIpc) is 2.73. The number of rotatable bonds is 3. The minimum atomic E-state index is -0.200. The fraction of sp³-hybridized carbons (Fsp3) is 0.545. The number of nitrogens with one attached hydrogen (secondary N) is 2. The van der Waals surface area contributed by atoms with Crippen molar-refractivity contribution in [3.63, 3.8) is 0 Å². The van der Waals surface area contributed by atoms with E-state index >= 15 is 0 Å². The summed E-state index contributed by atoms with van der Waals surface area (Å²) >= 11 is 1.67. The SMILES string of the molecule is Cc1ccsc1CNC(=O)C1COCCN1. The van der Waals surface area contributed by atoms with Crippen LogP contribution in [-0.4, -0.2) is 31.7 Å². The van der Waals surface area contributed by atoms with Gasteiger partial charge in [-0.3, -0.25) is 4.79 Å². The summed E-state index contributed by atoms with van der Waals surface area (Å²) in [5.74, 6) is 0.0208. The van der Waals surface area contributed by atoms with Crippen molar-refractivity contribution in [3.8, 4) is 0 Å². The number of aryl methyl sites for hydroxylation is 1. The summed E-state index contributed by atoms with van der Waals surface area (Å²) in [6.07, 6.45) is 0. The van der Waals surface area contributed by atoms with Crippen LogP contribution in [0.2, 0.25) is 0 Å². The Labute approximate surface area is 99.0 Å². The second-order valence-electron chi connectivity index (χ2n) is 3.83. The third-order valence-corrected chi connectivity index (χ3v) is 3.65. The predicted molar refractivity (Wildman–Crippen MR) is 63.5 cm³/mol. The lowest BCUT2D eigenvalue weighted by Crippen LogP contribution is -2.51. The number of carbonyl (C=O) groups is 1. The van der Waals surface area contributed by atoms with E-state index in [1.807, 2.05) is 5.38 Å². The molecule has 16 heavy (non-hydrogen) atoms. The summed E-state index contributed by atoms with van der Waals surface area (Å²) in [5, 5.41) is 8.09. The number of carbonyl (C=O) groups excluding carboxylic acids is 1. The molecular weight excluding hydrogens is 224 g/mol. The van der Waals surface area contributed by atoms with Gasteiger partial charge in [-0.2, -0.15) is 0 Å². The minimum Gasteiger partial charge on any atom is -0.378 e. The van der Waals surface area contributed by atoms with E-state index in [0.29, 0.717) is 19.8 Å². The van der Waals surface area contributed by atoms with Crippen LogP contribution in [0.4, 0.5) is 0 Å². The third kappa shape index (κ3) is 2.81. The van der Waals surface area contributed by atoms with Crippen molar-refractivity contribution in [2.45, 2.75) is 19.5 Å². The second kappa shape index (κ2) is 5.43. The summed E-state index contributed by atoms with van der Waals surface area (Å²) in [7, 11) is 0. The van der Waals surface area contributed by atoms with Gasteiger partial charge < -0.3 is 15.4 Å². The van der Waals surface area contributed by atoms with Crippen LogP contribution in [0.1, 0.15) is 10.4 Å². The molecule has 5 heteroatoms. The smallest absolute Gasteiger partial charge is 0.239 e. The van der Waals surface area contributed by atoms with Gasteiger partial charge >= 0.3 is 0 Å². The van der Waals surface area contributed by atoms with Crippen molar-refractivity contribution in [1.82, 2.24) is 10.6 Å². The molecular formula is C11H16N2O2S. The van der Waals surface area contributed by atoms with Gasteiger partial charge in [-0.25, -0.2) is 0 Å². The maximum atomic E-state index is 11.8. The first-order chi connectivity index (χ1) is 7.77. The highest BCUT2D eigenvalue weighted by molar-refractivity contribution is 7.10. The predicted octanol–water partition coefficient (Wildman–Crippen LogP) is 0.661. The maximum absolute atomic E-state index is 11.8. The van der Waals surface area contributed by atoms with E-state index in [4.69, 9.17) is 4.74 Å². The second-order valence-corrected chi connectivity index (χ2v) is 4.83. The summed E-state index contributed by atoms with van der Waals surface area (Å²) in [6.45, 7) is 4.57. The monoisotopic (exact) mass is 240 g/mol. The van der Waals surface area contributed by atoms with Gasteiger partial charge in [0.1, 0.15) is 6.04 Å². The number of thiophene rings is 1. The number of hydrogen-bond donors (Lipinski definition) is 2. The molecule has 88 valence electrons. The molecule has 1 aliphatic heterocycles. The first kappa shape index (κ1) is 11.6. The van der Waals surface area contributed by atoms with Gasteiger partial charge in [0.25, 0.3) is 0 Å². The molecule has 2 rings (SSSR count). The van der Waals surface area contributed by atoms with Crippen LogP contribution in [0.25, 0.3) is 0 Å². The van der Waals surface area contributed by atoms with Crippen molar-refractivity contribution >= 4 is 17.2 Å². The summed E-state index contributed by atoms with van der Waals surface area (Å²) < 4.78 is 5.24. The van der Waals surface area contributed by atoms with E-state index in [1.54, 1.807) is 11.3 Å². The summed E-state index contributed by atoms with van der Waals surface area (Å²) in [6, 6.07) is 1.86. The average molecular weight is 240 g/mol. The Morgan fingerprint density at radius 1 is 1.75 bits per heavy atom. The molecule has 4 nitrogen and oxygen atoms in total. The van der Waals surface area contributed by atoms with Gasteiger partial charge in [-0.15, -0.1) is 11.3 Å². The Bertz CT molecular complexity index is 359. The molecule has 0 aromatic carbocycles. The molecule has 1 fully saturated rings. The van der Waals surface area contributed by atoms with E-state index in [0.717, 1.165) is 6.54 Å². The first-order valence-electron chi connectivity index (χ1n) is 5.39. The van der Waals surface area contributed by atoms with Crippen LogP contribution in [0, 0.1) is 6.92 Å². The van der Waals surface area contributed by atoms with Crippen molar-refractivity contribution in [1.29, 1.82) is 0 Å². The van der Waals surface area contributed by atoms with E-state index in [1.165, 1.54) is 10.4 Å². The summed E-state index contributed by atoms with van der Waals surface area (Å²) in [5.41, 5.74) is 1.23. The van der Waals surface area contributed by atoms with E-state index in [2.05, 4.69) is 23.6 Å². The van der Waals surface area contributed by atoms with Gasteiger partial charge in [-0.1, -0.05) is 0 Å². The molecule has 0 aliphatic carbocycles. The van der Waals surface area contributed by atoms with Crippen molar-refractivity contribution < 1.29 is 9.53 Å². The highest BCUT2D eigenvalue weighted by Crippen LogP contribution is 2.14. The summed E-state index contributed by atoms with van der Waals surface area (Å²) in [4.78, 5) is 13.0. The number of ether oxygens (including phenoxy) is 1. The first-order valence-corrected chi connectivity index (χ1v) is 6.27. The van der Waals surface area contributed by atoms with Crippen molar-refractivity contribution in [2.75, 3.05) is 19.8 Å². The van der Waals surface area contributed by atoms with E-state index < -0.39 is 0 Å². The van der Waals surface area contributed by atoms with E-state index in [-0.39, 0.29) is 11.9 Å². The van der Waals surface area contributed by atoms with Gasteiger partial charge in [-0.05, 0) is 23.9 Å². The molecule has 2 heterocycles. The molecule has 0 saturated carbocycles. The zero-order valence-electron chi connectivity index (χ0n) is 9.29. The van der Waals surface area contributed by atoms with Crippen LogP contribution in [0.3, 0.4) is 0 Å². The molecule has 0 bridgehead atoms. The zero-order valence-corrected chi connectivity index (χ0v) is 10.1. The van der Waals surface area contributed by atoms with Crippen LogP contribution >= 0.6 is 11.3 Å². The van der Waals surface area contributed by atoms with Gasteiger partial charge in [0.05, 0.1) is 19.8 Å². The topological polar surface area (TPSA) is 50.4 Å². The number of amides is 1. The fourth-order valence-corrected chi connectivity index (χ4v) is 2.46. The quantitative estimate of drug-likeness (QED) is 0.816. The van der Waals surface area contributed by atoms with Crippen LogP contribution in [0.15, 0.2) is 11.4 Å². The number of hydrogen-bond acceptors (Lipinski definition) is 4. The molecule has 1 amide bonds.